The number of piperidine rings is 1. The van der Waals surface area contributed by atoms with Gasteiger partial charge in [-0.3, -0.25) is 10.1 Å². The number of hydrogen-bond acceptors (Lipinski definition) is 5. The summed E-state index contributed by atoms with van der Waals surface area (Å²) in [6, 6.07) is 6.02. The number of hydrogen-bond donors (Lipinski definition) is 0. The molecular weight excluding hydrogens is 260 g/mol. The van der Waals surface area contributed by atoms with Gasteiger partial charge in [-0.05, 0) is 38.3 Å². The van der Waals surface area contributed by atoms with Crippen LogP contribution in [0, 0.1) is 10.1 Å². The quantitative estimate of drug-likeness (QED) is 0.480. The minimum Gasteiger partial charge on any atom is -0.464 e. The van der Waals surface area contributed by atoms with Crippen LogP contribution >= 0.6 is 0 Å². The molecule has 0 radical (unpaired) electrons. The molecule has 1 aromatic carbocycles. The Kier molecular flexibility index (Phi) is 4.55. The fraction of sp³-hybridized carbons (Fsp3) is 0.500. The van der Waals surface area contributed by atoms with Crippen LogP contribution in [0.1, 0.15) is 26.2 Å². The van der Waals surface area contributed by atoms with Crippen molar-refractivity contribution in [2.45, 2.75) is 32.2 Å². The SMILES string of the molecule is CCOC(=O)C1CCCCN1c1ccc([N+](=O)[O-])cc1. The number of nitrogens with zero attached hydrogens (tertiary/aromatic N) is 2. The van der Waals surface area contributed by atoms with E-state index in [2.05, 4.69) is 0 Å². The van der Waals surface area contributed by atoms with Crippen molar-refractivity contribution in [3.8, 4) is 0 Å². The Morgan fingerprint density at radius 3 is 2.70 bits per heavy atom. The lowest BCUT2D eigenvalue weighted by Crippen LogP contribution is -2.45. The molecule has 0 amide bonds. The summed E-state index contributed by atoms with van der Waals surface area (Å²) in [4.78, 5) is 24.2. The van der Waals surface area contributed by atoms with Gasteiger partial charge in [-0.15, -0.1) is 0 Å². The fourth-order valence-corrected chi connectivity index (χ4v) is 2.49. The first-order valence-electron chi connectivity index (χ1n) is 6.81. The van der Waals surface area contributed by atoms with Crippen LogP contribution in [-0.2, 0) is 9.53 Å². The van der Waals surface area contributed by atoms with Crippen molar-refractivity contribution in [3.05, 3.63) is 34.4 Å². The summed E-state index contributed by atoms with van der Waals surface area (Å²) in [7, 11) is 0. The summed E-state index contributed by atoms with van der Waals surface area (Å²) >= 11 is 0. The molecule has 0 bridgehead atoms. The Hall–Kier alpha value is -2.11. The van der Waals surface area contributed by atoms with Gasteiger partial charge in [0.05, 0.1) is 11.5 Å². The molecule has 108 valence electrons. The number of esters is 1. The van der Waals surface area contributed by atoms with Crippen molar-refractivity contribution in [2.75, 3.05) is 18.1 Å². The van der Waals surface area contributed by atoms with Gasteiger partial charge in [-0.2, -0.15) is 0 Å². The molecule has 6 heteroatoms. The molecular formula is C14H18N2O4. The molecule has 1 aromatic rings. The van der Waals surface area contributed by atoms with Crippen LogP contribution < -0.4 is 4.90 Å². The van der Waals surface area contributed by atoms with Gasteiger partial charge >= 0.3 is 5.97 Å². The first-order valence-corrected chi connectivity index (χ1v) is 6.81. The molecule has 1 unspecified atom stereocenters. The molecule has 1 fully saturated rings. The zero-order valence-electron chi connectivity index (χ0n) is 11.4. The molecule has 0 aliphatic carbocycles. The second-order valence-electron chi connectivity index (χ2n) is 4.73. The van der Waals surface area contributed by atoms with Gasteiger partial charge in [0.15, 0.2) is 0 Å². The molecule has 6 nitrogen and oxygen atoms in total. The monoisotopic (exact) mass is 278 g/mol. The lowest BCUT2D eigenvalue weighted by molar-refractivity contribution is -0.384. The van der Waals surface area contributed by atoms with E-state index in [1.807, 2.05) is 4.90 Å². The Morgan fingerprint density at radius 2 is 2.10 bits per heavy atom. The maximum atomic E-state index is 12.0. The first kappa shape index (κ1) is 14.3. The van der Waals surface area contributed by atoms with Gasteiger partial charge in [0.1, 0.15) is 6.04 Å². The Morgan fingerprint density at radius 1 is 1.40 bits per heavy atom. The van der Waals surface area contributed by atoms with Crippen molar-refractivity contribution < 1.29 is 14.5 Å². The van der Waals surface area contributed by atoms with Crippen LogP contribution in [0.25, 0.3) is 0 Å². The molecule has 2 rings (SSSR count). The number of nitro benzene ring substituents is 1. The summed E-state index contributed by atoms with van der Waals surface area (Å²) in [6.07, 6.45) is 2.76. The van der Waals surface area contributed by atoms with Crippen LogP contribution in [0.5, 0.6) is 0 Å². The second kappa shape index (κ2) is 6.36. The fourth-order valence-electron chi connectivity index (χ4n) is 2.49. The highest BCUT2D eigenvalue weighted by Gasteiger charge is 2.30. The maximum Gasteiger partial charge on any atom is 0.328 e. The van der Waals surface area contributed by atoms with Crippen molar-refractivity contribution >= 4 is 17.3 Å². The summed E-state index contributed by atoms with van der Waals surface area (Å²) < 4.78 is 5.11. The van der Waals surface area contributed by atoms with Gasteiger partial charge in [0.2, 0.25) is 0 Å². The average molecular weight is 278 g/mol. The van der Waals surface area contributed by atoms with E-state index in [1.165, 1.54) is 12.1 Å². The largest absolute Gasteiger partial charge is 0.464 e. The third-order valence-corrected chi connectivity index (χ3v) is 3.45. The minimum atomic E-state index is -0.428. The highest BCUT2D eigenvalue weighted by Crippen LogP contribution is 2.27. The van der Waals surface area contributed by atoms with Crippen molar-refractivity contribution in [2.24, 2.45) is 0 Å². The molecule has 20 heavy (non-hydrogen) atoms. The van der Waals surface area contributed by atoms with E-state index in [9.17, 15) is 14.9 Å². The predicted octanol–water partition coefficient (Wildman–Crippen LogP) is 2.52. The molecule has 0 N–H and O–H groups in total. The van der Waals surface area contributed by atoms with E-state index >= 15 is 0 Å². The van der Waals surface area contributed by atoms with E-state index in [0.717, 1.165) is 31.5 Å². The smallest absolute Gasteiger partial charge is 0.328 e. The van der Waals surface area contributed by atoms with Crippen LogP contribution in [0.4, 0.5) is 11.4 Å². The number of ether oxygens (including phenoxy) is 1. The van der Waals surface area contributed by atoms with E-state index in [0.29, 0.717) is 6.61 Å². The van der Waals surface area contributed by atoms with Gasteiger partial charge < -0.3 is 9.64 Å². The number of benzene rings is 1. The van der Waals surface area contributed by atoms with Gasteiger partial charge in [0, 0.05) is 24.4 Å². The topological polar surface area (TPSA) is 72.7 Å². The molecule has 1 saturated heterocycles. The minimum absolute atomic E-state index is 0.0541. The molecule has 0 aromatic heterocycles. The lowest BCUT2D eigenvalue weighted by Gasteiger charge is -2.35. The van der Waals surface area contributed by atoms with Crippen LogP contribution in [0.3, 0.4) is 0 Å². The van der Waals surface area contributed by atoms with Crippen LogP contribution in [-0.4, -0.2) is 30.1 Å². The summed E-state index contributed by atoms with van der Waals surface area (Å²) in [5.41, 5.74) is 0.881. The van der Waals surface area contributed by atoms with E-state index in [-0.39, 0.29) is 17.7 Å². The normalized spacial score (nSPS) is 18.6. The highest BCUT2D eigenvalue weighted by molar-refractivity contribution is 5.80. The number of nitro groups is 1. The standard InChI is InChI=1S/C14H18N2O4/c1-2-20-14(17)13-5-3-4-10-15(13)11-6-8-12(9-7-11)16(18)19/h6-9,13H,2-5,10H2,1H3. The van der Waals surface area contributed by atoms with Crippen molar-refractivity contribution in [1.82, 2.24) is 0 Å². The van der Waals surface area contributed by atoms with E-state index < -0.39 is 4.92 Å². The Balaban J connectivity index is 2.18. The van der Waals surface area contributed by atoms with Crippen molar-refractivity contribution in [3.63, 3.8) is 0 Å². The number of carbonyl (C=O) groups is 1. The van der Waals surface area contributed by atoms with E-state index in [4.69, 9.17) is 4.74 Å². The molecule has 0 spiro atoms. The Bertz CT molecular complexity index is 486. The van der Waals surface area contributed by atoms with Gasteiger partial charge in [-0.1, -0.05) is 0 Å². The average Bonchev–Trinajstić information content (AvgIpc) is 2.47. The van der Waals surface area contributed by atoms with Crippen LogP contribution in [0.15, 0.2) is 24.3 Å². The number of rotatable bonds is 4. The van der Waals surface area contributed by atoms with E-state index in [1.54, 1.807) is 19.1 Å². The second-order valence-corrected chi connectivity index (χ2v) is 4.73. The first-order chi connectivity index (χ1) is 9.63. The molecule has 1 atom stereocenters. The lowest BCUT2D eigenvalue weighted by atomic mass is 10.0. The Labute approximate surface area is 117 Å². The third-order valence-electron chi connectivity index (χ3n) is 3.45. The molecule has 1 aliphatic rings. The summed E-state index contributed by atoms with van der Waals surface area (Å²) in [6.45, 7) is 2.92. The van der Waals surface area contributed by atoms with Crippen molar-refractivity contribution in [1.29, 1.82) is 0 Å². The maximum absolute atomic E-state index is 12.0. The van der Waals surface area contributed by atoms with Gasteiger partial charge in [-0.25, -0.2) is 4.79 Å². The third kappa shape index (κ3) is 3.07. The number of anilines is 1. The predicted molar refractivity (Wildman–Crippen MR) is 74.7 cm³/mol. The zero-order chi connectivity index (χ0) is 14.5. The molecule has 0 saturated carbocycles. The summed E-state index contributed by atoms with van der Waals surface area (Å²) in [5.74, 6) is -0.217. The number of non-ortho nitro benzene ring substituents is 1. The number of carbonyl (C=O) groups excluding carboxylic acids is 1. The zero-order valence-corrected chi connectivity index (χ0v) is 11.4. The molecule has 1 heterocycles. The summed E-state index contributed by atoms with van der Waals surface area (Å²) in [5, 5.41) is 10.7. The molecule has 1 aliphatic heterocycles. The highest BCUT2D eigenvalue weighted by atomic mass is 16.6. The van der Waals surface area contributed by atoms with Gasteiger partial charge in [0.25, 0.3) is 5.69 Å². The van der Waals surface area contributed by atoms with Crippen LogP contribution in [0.2, 0.25) is 0 Å².